The van der Waals surface area contributed by atoms with Crippen LogP contribution in [0.5, 0.6) is 0 Å². The third kappa shape index (κ3) is 3.20. The summed E-state index contributed by atoms with van der Waals surface area (Å²) in [6.45, 7) is 4.49. The van der Waals surface area contributed by atoms with E-state index in [-0.39, 0.29) is 12.0 Å². The highest BCUT2D eigenvalue weighted by Crippen LogP contribution is 2.26. The SMILES string of the molecule is Cc1ccc(CC(C)(CN)CO)c(Cl)c1. The number of nitrogens with two attached hydrogens (primary N) is 1. The fraction of sp³-hybridized carbons (Fsp3) is 0.500. The molecule has 0 aliphatic carbocycles. The Morgan fingerprint density at radius 3 is 2.60 bits per heavy atom. The van der Waals surface area contributed by atoms with E-state index in [1.54, 1.807) is 0 Å². The van der Waals surface area contributed by atoms with Gasteiger partial charge in [-0.2, -0.15) is 0 Å². The zero-order valence-electron chi connectivity index (χ0n) is 9.26. The molecule has 1 unspecified atom stereocenters. The van der Waals surface area contributed by atoms with Crippen LogP contribution in [0.2, 0.25) is 5.02 Å². The van der Waals surface area contributed by atoms with Crippen molar-refractivity contribution >= 4 is 11.6 Å². The van der Waals surface area contributed by atoms with Gasteiger partial charge in [0.15, 0.2) is 0 Å². The molecule has 84 valence electrons. The molecule has 0 bridgehead atoms. The number of rotatable bonds is 4. The average Bonchev–Trinajstić information content (AvgIpc) is 2.22. The number of benzene rings is 1. The van der Waals surface area contributed by atoms with Crippen molar-refractivity contribution in [2.75, 3.05) is 13.2 Å². The van der Waals surface area contributed by atoms with Gasteiger partial charge in [-0.05, 0) is 30.5 Å². The van der Waals surface area contributed by atoms with E-state index in [2.05, 4.69) is 0 Å². The van der Waals surface area contributed by atoms with Crippen LogP contribution in [-0.4, -0.2) is 18.3 Å². The normalized spacial score (nSPS) is 15.0. The molecule has 1 aromatic rings. The number of halogens is 1. The largest absolute Gasteiger partial charge is 0.396 e. The van der Waals surface area contributed by atoms with Gasteiger partial charge in [0, 0.05) is 23.6 Å². The molecule has 0 saturated carbocycles. The van der Waals surface area contributed by atoms with E-state index in [1.807, 2.05) is 32.0 Å². The molecule has 3 N–H and O–H groups in total. The van der Waals surface area contributed by atoms with Crippen molar-refractivity contribution in [3.05, 3.63) is 34.3 Å². The molecule has 1 rings (SSSR count). The number of aryl methyl sites for hydroxylation is 1. The van der Waals surface area contributed by atoms with Gasteiger partial charge < -0.3 is 10.8 Å². The Morgan fingerprint density at radius 2 is 2.13 bits per heavy atom. The molecule has 0 aromatic heterocycles. The third-order valence-electron chi connectivity index (χ3n) is 2.70. The summed E-state index contributed by atoms with van der Waals surface area (Å²) in [6, 6.07) is 5.96. The van der Waals surface area contributed by atoms with E-state index in [0.717, 1.165) is 16.1 Å². The summed E-state index contributed by atoms with van der Waals surface area (Å²) in [6.07, 6.45) is 0.707. The number of aliphatic hydroxyl groups is 1. The molecular formula is C12H18ClNO. The Hall–Kier alpha value is -0.570. The topological polar surface area (TPSA) is 46.2 Å². The Kier molecular flexibility index (Phi) is 4.14. The zero-order chi connectivity index (χ0) is 11.5. The summed E-state index contributed by atoms with van der Waals surface area (Å²) in [7, 11) is 0. The Balaban J connectivity index is 2.89. The van der Waals surface area contributed by atoms with E-state index in [1.165, 1.54) is 0 Å². The van der Waals surface area contributed by atoms with E-state index in [4.69, 9.17) is 17.3 Å². The lowest BCUT2D eigenvalue weighted by Gasteiger charge is -2.25. The minimum absolute atomic E-state index is 0.0771. The predicted octanol–water partition coefficient (Wildman–Crippen LogP) is 2.15. The highest BCUT2D eigenvalue weighted by molar-refractivity contribution is 6.31. The van der Waals surface area contributed by atoms with Gasteiger partial charge in [0.2, 0.25) is 0 Å². The second-order valence-electron chi connectivity index (χ2n) is 4.44. The minimum atomic E-state index is -0.279. The second kappa shape index (κ2) is 4.97. The van der Waals surface area contributed by atoms with Gasteiger partial charge >= 0.3 is 0 Å². The Bertz CT molecular complexity index is 334. The van der Waals surface area contributed by atoms with Crippen LogP contribution in [0, 0.1) is 12.3 Å². The van der Waals surface area contributed by atoms with Crippen molar-refractivity contribution in [1.82, 2.24) is 0 Å². The summed E-state index contributed by atoms with van der Waals surface area (Å²) in [5.74, 6) is 0. The van der Waals surface area contributed by atoms with Crippen LogP contribution >= 0.6 is 11.6 Å². The first kappa shape index (κ1) is 12.5. The first-order chi connectivity index (χ1) is 7.00. The van der Waals surface area contributed by atoms with Crippen LogP contribution in [0.4, 0.5) is 0 Å². The number of aliphatic hydroxyl groups excluding tert-OH is 1. The molecular weight excluding hydrogens is 210 g/mol. The standard InChI is InChI=1S/C12H18ClNO/c1-9-3-4-10(11(13)5-9)6-12(2,7-14)8-15/h3-5,15H,6-8,14H2,1-2H3. The molecule has 0 aliphatic heterocycles. The molecule has 2 nitrogen and oxygen atoms in total. The first-order valence-electron chi connectivity index (χ1n) is 5.07. The van der Waals surface area contributed by atoms with Crippen LogP contribution in [0.15, 0.2) is 18.2 Å². The number of hydrogen-bond acceptors (Lipinski definition) is 2. The highest BCUT2D eigenvalue weighted by Gasteiger charge is 2.22. The van der Waals surface area contributed by atoms with Crippen molar-refractivity contribution < 1.29 is 5.11 Å². The summed E-state index contributed by atoms with van der Waals surface area (Å²) in [5, 5.41) is 10.0. The molecule has 3 heteroatoms. The van der Waals surface area contributed by atoms with Crippen LogP contribution in [0.3, 0.4) is 0 Å². The molecule has 0 amide bonds. The van der Waals surface area contributed by atoms with E-state index >= 15 is 0 Å². The van der Waals surface area contributed by atoms with Gasteiger partial charge in [0.1, 0.15) is 0 Å². The summed E-state index contributed by atoms with van der Waals surface area (Å²) in [4.78, 5) is 0. The molecule has 0 fully saturated rings. The smallest absolute Gasteiger partial charge is 0.0500 e. The molecule has 1 aromatic carbocycles. The lowest BCUT2D eigenvalue weighted by atomic mass is 9.84. The zero-order valence-corrected chi connectivity index (χ0v) is 10.0. The van der Waals surface area contributed by atoms with E-state index < -0.39 is 0 Å². The maximum absolute atomic E-state index is 9.27. The average molecular weight is 228 g/mol. The van der Waals surface area contributed by atoms with Crippen LogP contribution in [0.1, 0.15) is 18.1 Å². The Labute approximate surface area is 96.1 Å². The molecule has 0 aliphatic rings. The molecule has 0 radical (unpaired) electrons. The lowest BCUT2D eigenvalue weighted by Crippen LogP contribution is -2.33. The van der Waals surface area contributed by atoms with Gasteiger partial charge in [0.05, 0.1) is 0 Å². The summed E-state index contributed by atoms with van der Waals surface area (Å²) >= 11 is 6.13. The van der Waals surface area contributed by atoms with Crippen molar-refractivity contribution in [2.24, 2.45) is 11.1 Å². The van der Waals surface area contributed by atoms with Gasteiger partial charge in [-0.1, -0.05) is 30.7 Å². The summed E-state index contributed by atoms with van der Waals surface area (Å²) in [5.41, 5.74) is 7.55. The predicted molar refractivity (Wildman–Crippen MR) is 64.1 cm³/mol. The molecule has 1 atom stereocenters. The van der Waals surface area contributed by atoms with Crippen molar-refractivity contribution in [1.29, 1.82) is 0 Å². The molecule has 15 heavy (non-hydrogen) atoms. The molecule has 0 heterocycles. The first-order valence-corrected chi connectivity index (χ1v) is 5.44. The van der Waals surface area contributed by atoms with Gasteiger partial charge in [-0.15, -0.1) is 0 Å². The van der Waals surface area contributed by atoms with Gasteiger partial charge in [-0.25, -0.2) is 0 Å². The van der Waals surface area contributed by atoms with Crippen molar-refractivity contribution in [3.63, 3.8) is 0 Å². The van der Waals surface area contributed by atoms with Crippen molar-refractivity contribution in [3.8, 4) is 0 Å². The monoisotopic (exact) mass is 227 g/mol. The molecule has 0 spiro atoms. The van der Waals surface area contributed by atoms with E-state index in [9.17, 15) is 5.11 Å². The maximum Gasteiger partial charge on any atom is 0.0500 e. The second-order valence-corrected chi connectivity index (χ2v) is 4.85. The van der Waals surface area contributed by atoms with Gasteiger partial charge in [0.25, 0.3) is 0 Å². The van der Waals surface area contributed by atoms with Gasteiger partial charge in [-0.3, -0.25) is 0 Å². The fourth-order valence-corrected chi connectivity index (χ4v) is 1.75. The highest BCUT2D eigenvalue weighted by atomic mass is 35.5. The quantitative estimate of drug-likeness (QED) is 0.828. The van der Waals surface area contributed by atoms with Crippen LogP contribution in [0.25, 0.3) is 0 Å². The number of hydrogen-bond donors (Lipinski definition) is 2. The minimum Gasteiger partial charge on any atom is -0.396 e. The Morgan fingerprint density at radius 1 is 1.47 bits per heavy atom. The molecule has 0 saturated heterocycles. The summed E-state index contributed by atoms with van der Waals surface area (Å²) < 4.78 is 0. The van der Waals surface area contributed by atoms with Crippen molar-refractivity contribution in [2.45, 2.75) is 20.3 Å². The van der Waals surface area contributed by atoms with E-state index in [0.29, 0.717) is 13.0 Å². The fourth-order valence-electron chi connectivity index (χ4n) is 1.45. The van der Waals surface area contributed by atoms with Crippen LogP contribution in [-0.2, 0) is 6.42 Å². The lowest BCUT2D eigenvalue weighted by molar-refractivity contribution is 0.149. The maximum atomic E-state index is 9.27. The van der Waals surface area contributed by atoms with Crippen LogP contribution < -0.4 is 5.73 Å². The third-order valence-corrected chi connectivity index (χ3v) is 3.05.